The minimum absolute atomic E-state index is 0.0803. The number of benzene rings is 2. The van der Waals surface area contributed by atoms with Gasteiger partial charge in [0.2, 0.25) is 0 Å². The summed E-state index contributed by atoms with van der Waals surface area (Å²) in [7, 11) is -4.47. The molecule has 13 heteroatoms. The van der Waals surface area contributed by atoms with Crippen LogP contribution >= 0.6 is 67.8 Å². The molecule has 1 N–H and O–H groups in total. The molecule has 3 saturated carbocycles. The van der Waals surface area contributed by atoms with Crippen LogP contribution in [0.4, 0.5) is 0 Å². The summed E-state index contributed by atoms with van der Waals surface area (Å²) >= 11 is 6.48. The standard InChI is InChI=1S/C28H25I3O9S/c29-18-8-7-14(22(30)23(18)31)26(32)39-24-16-11-17-21(28(34)40-25(17)24)20(16)27(33)38-13-6-9-19(41(35,36)37)15(10-13)12-4-2-1-3-5-12/h6-10,12,16-17,20-21,24-25H,1-5,11H2,(H,35,36,37). The first-order chi connectivity index (χ1) is 19.5. The highest BCUT2D eigenvalue weighted by atomic mass is 127. The maximum atomic E-state index is 13.6. The topological polar surface area (TPSA) is 133 Å². The normalized spacial score (nSPS) is 28.9. The molecule has 0 aromatic heterocycles. The number of hydrogen-bond acceptors (Lipinski definition) is 8. The molecular formula is C28H25I3O9S. The largest absolute Gasteiger partial charge is 0.458 e. The lowest BCUT2D eigenvalue weighted by Crippen LogP contribution is -2.44. The molecule has 4 fully saturated rings. The molecule has 2 aromatic rings. The Morgan fingerprint density at radius 3 is 2.41 bits per heavy atom. The van der Waals surface area contributed by atoms with E-state index in [9.17, 15) is 27.4 Å². The lowest BCUT2D eigenvalue weighted by Gasteiger charge is -2.30. The van der Waals surface area contributed by atoms with E-state index in [4.69, 9.17) is 14.2 Å². The molecule has 41 heavy (non-hydrogen) atoms. The van der Waals surface area contributed by atoms with Crippen LogP contribution in [0.1, 0.15) is 60.4 Å². The van der Waals surface area contributed by atoms with Crippen molar-refractivity contribution in [2.24, 2.45) is 23.7 Å². The van der Waals surface area contributed by atoms with Crippen LogP contribution in [-0.2, 0) is 29.2 Å². The highest BCUT2D eigenvalue weighted by Gasteiger charge is 2.70. The van der Waals surface area contributed by atoms with Crippen molar-refractivity contribution in [3.8, 4) is 5.75 Å². The molecule has 3 aliphatic carbocycles. The van der Waals surface area contributed by atoms with Gasteiger partial charge in [-0.3, -0.25) is 14.1 Å². The molecule has 4 aliphatic rings. The fourth-order valence-electron chi connectivity index (χ4n) is 7.08. The molecule has 2 bridgehead atoms. The van der Waals surface area contributed by atoms with Crippen LogP contribution in [0.25, 0.3) is 0 Å². The van der Waals surface area contributed by atoms with Crippen LogP contribution in [0.15, 0.2) is 35.2 Å². The van der Waals surface area contributed by atoms with E-state index >= 15 is 0 Å². The number of esters is 3. The van der Waals surface area contributed by atoms with Crippen LogP contribution in [-0.4, -0.2) is 43.1 Å². The second-order valence-electron chi connectivity index (χ2n) is 11.0. The molecule has 2 aromatic carbocycles. The molecule has 9 nitrogen and oxygen atoms in total. The van der Waals surface area contributed by atoms with Gasteiger partial charge in [-0.1, -0.05) is 19.3 Å². The second kappa shape index (κ2) is 11.5. The SMILES string of the molecule is O=C(OC1C2CC3C1OC(=O)C3C2C(=O)Oc1ccc(S(=O)(=O)O)c(C2CCCCC2)c1)c1ccc(I)c(I)c1I. The van der Waals surface area contributed by atoms with Crippen molar-refractivity contribution in [2.45, 2.75) is 61.5 Å². The zero-order valence-electron chi connectivity index (χ0n) is 21.4. The molecule has 1 aliphatic heterocycles. The average molecular weight is 918 g/mol. The monoisotopic (exact) mass is 918 g/mol. The number of ether oxygens (including phenoxy) is 3. The summed E-state index contributed by atoms with van der Waals surface area (Å²) in [4.78, 5) is 39.5. The van der Waals surface area contributed by atoms with Crippen molar-refractivity contribution >= 4 is 95.8 Å². The van der Waals surface area contributed by atoms with Crippen molar-refractivity contribution in [1.29, 1.82) is 0 Å². The predicted molar refractivity (Wildman–Crippen MR) is 170 cm³/mol. The van der Waals surface area contributed by atoms with E-state index < -0.39 is 58.0 Å². The summed E-state index contributed by atoms with van der Waals surface area (Å²) < 4.78 is 54.0. The number of fused-ring (bicyclic) bond motifs is 1. The molecule has 0 radical (unpaired) electrons. The fraction of sp³-hybridized carbons (Fsp3) is 0.464. The predicted octanol–water partition coefficient (Wildman–Crippen LogP) is 5.73. The van der Waals surface area contributed by atoms with Crippen LogP contribution in [0.2, 0.25) is 0 Å². The maximum Gasteiger partial charge on any atom is 0.339 e. The van der Waals surface area contributed by atoms with Gasteiger partial charge in [-0.25, -0.2) is 4.79 Å². The van der Waals surface area contributed by atoms with E-state index in [1.54, 1.807) is 6.07 Å². The average Bonchev–Trinajstić information content (AvgIpc) is 3.55. The van der Waals surface area contributed by atoms with E-state index in [0.29, 0.717) is 17.5 Å². The molecule has 0 amide bonds. The first-order valence-electron chi connectivity index (χ1n) is 13.3. The van der Waals surface area contributed by atoms with Crippen LogP contribution < -0.4 is 4.74 Å². The number of carbonyl (C=O) groups is 3. The molecule has 0 spiro atoms. The summed E-state index contributed by atoms with van der Waals surface area (Å²) in [6.45, 7) is 0. The van der Waals surface area contributed by atoms with E-state index in [0.717, 1.165) is 42.8 Å². The molecule has 1 heterocycles. The summed E-state index contributed by atoms with van der Waals surface area (Å²) in [6, 6.07) is 7.66. The fourth-order valence-corrected chi connectivity index (χ4v) is 9.97. The summed E-state index contributed by atoms with van der Waals surface area (Å²) in [5.74, 6) is -3.85. The highest BCUT2D eigenvalue weighted by molar-refractivity contribution is 14.1. The zero-order chi connectivity index (χ0) is 29.2. The number of hydrogen-bond donors (Lipinski definition) is 1. The second-order valence-corrected chi connectivity index (χ2v) is 15.7. The van der Waals surface area contributed by atoms with Gasteiger partial charge in [-0.05, 0) is 129 Å². The first kappa shape index (κ1) is 30.0. The van der Waals surface area contributed by atoms with Gasteiger partial charge < -0.3 is 14.2 Å². The van der Waals surface area contributed by atoms with Crippen molar-refractivity contribution in [2.75, 3.05) is 0 Å². The molecule has 218 valence electrons. The first-order valence-corrected chi connectivity index (χ1v) is 18.0. The van der Waals surface area contributed by atoms with E-state index in [1.807, 2.05) is 6.07 Å². The van der Waals surface area contributed by atoms with Gasteiger partial charge in [0.15, 0.2) is 0 Å². The van der Waals surface area contributed by atoms with Crippen LogP contribution in [0.5, 0.6) is 5.75 Å². The third-order valence-corrected chi connectivity index (χ3v) is 15.0. The Kier molecular flexibility index (Phi) is 8.39. The Balaban J connectivity index is 1.25. The van der Waals surface area contributed by atoms with Crippen molar-refractivity contribution in [1.82, 2.24) is 0 Å². The van der Waals surface area contributed by atoms with Gasteiger partial charge in [0.1, 0.15) is 18.0 Å². The summed E-state index contributed by atoms with van der Waals surface area (Å²) in [6.07, 6.45) is 3.60. The zero-order valence-corrected chi connectivity index (χ0v) is 28.7. The molecule has 6 atom stereocenters. The lowest BCUT2D eigenvalue weighted by molar-refractivity contribution is -0.149. The molecule has 6 rings (SSSR count). The van der Waals surface area contributed by atoms with Crippen LogP contribution in [0.3, 0.4) is 0 Å². The van der Waals surface area contributed by atoms with Gasteiger partial charge in [-0.15, -0.1) is 0 Å². The number of rotatable bonds is 6. The smallest absolute Gasteiger partial charge is 0.339 e. The van der Waals surface area contributed by atoms with Gasteiger partial charge in [0, 0.05) is 22.5 Å². The van der Waals surface area contributed by atoms with Gasteiger partial charge in [-0.2, -0.15) is 8.42 Å². The molecular weight excluding hydrogens is 893 g/mol. The van der Waals surface area contributed by atoms with E-state index in [2.05, 4.69) is 67.8 Å². The summed E-state index contributed by atoms with van der Waals surface area (Å²) in [5.41, 5.74) is 0.840. The quantitative estimate of drug-likeness (QED) is 0.127. The Morgan fingerprint density at radius 1 is 0.976 bits per heavy atom. The summed E-state index contributed by atoms with van der Waals surface area (Å²) in [5, 5.41) is 0. The minimum Gasteiger partial charge on any atom is -0.458 e. The minimum atomic E-state index is -4.47. The lowest BCUT2D eigenvalue weighted by atomic mass is 9.78. The van der Waals surface area contributed by atoms with Gasteiger partial charge in [0.05, 0.1) is 22.3 Å². The Morgan fingerprint density at radius 2 is 1.71 bits per heavy atom. The van der Waals surface area contributed by atoms with E-state index in [1.165, 1.54) is 18.2 Å². The van der Waals surface area contributed by atoms with Crippen molar-refractivity contribution < 1.29 is 41.6 Å². The third-order valence-electron chi connectivity index (χ3n) is 8.84. The Bertz CT molecular complexity index is 1550. The molecule has 1 saturated heterocycles. The number of halogens is 3. The highest BCUT2D eigenvalue weighted by Crippen LogP contribution is 2.59. The van der Waals surface area contributed by atoms with Gasteiger partial charge in [0.25, 0.3) is 10.1 Å². The van der Waals surface area contributed by atoms with Gasteiger partial charge >= 0.3 is 17.9 Å². The van der Waals surface area contributed by atoms with E-state index in [-0.39, 0.29) is 22.5 Å². The Hall–Kier alpha value is -1.05. The third kappa shape index (κ3) is 5.43. The van der Waals surface area contributed by atoms with Crippen molar-refractivity contribution in [3.63, 3.8) is 0 Å². The molecule has 6 unspecified atom stereocenters. The number of carbonyl (C=O) groups excluding carboxylic acids is 3. The maximum absolute atomic E-state index is 13.6. The van der Waals surface area contributed by atoms with Crippen molar-refractivity contribution in [3.05, 3.63) is 52.2 Å². The Labute approximate surface area is 278 Å². The van der Waals surface area contributed by atoms with Crippen LogP contribution in [0, 0.1) is 34.4 Å².